The Morgan fingerprint density at radius 1 is 1.17 bits per heavy atom. The summed E-state index contributed by atoms with van der Waals surface area (Å²) in [7, 11) is 0. The molecule has 2 nitrogen and oxygen atoms in total. The van der Waals surface area contributed by atoms with E-state index in [0.29, 0.717) is 18.5 Å². The highest BCUT2D eigenvalue weighted by atomic mass is 35.5. The molecule has 1 aromatic rings. The molecule has 1 atom stereocenters. The zero-order chi connectivity index (χ0) is 12.8. The van der Waals surface area contributed by atoms with E-state index in [-0.39, 0.29) is 0 Å². The topological polar surface area (TPSA) is 12.5 Å². The molecule has 0 radical (unpaired) electrons. The second-order valence-corrected chi connectivity index (χ2v) is 5.08. The summed E-state index contributed by atoms with van der Waals surface area (Å²) in [6.07, 6.45) is 3.95. The molecule has 0 spiro atoms. The van der Waals surface area contributed by atoms with Gasteiger partial charge in [0.15, 0.2) is 0 Å². The molecule has 0 bridgehead atoms. The maximum atomic E-state index is 6.16. The Hall–Kier alpha value is -0.730. The Bertz CT molecular complexity index is 346. The van der Waals surface area contributed by atoms with Gasteiger partial charge < -0.3 is 4.74 Å². The predicted molar refractivity (Wildman–Crippen MR) is 76.5 cm³/mol. The van der Waals surface area contributed by atoms with Gasteiger partial charge in [-0.3, -0.25) is 4.90 Å². The van der Waals surface area contributed by atoms with Crippen LogP contribution in [0.3, 0.4) is 0 Å². The van der Waals surface area contributed by atoms with Gasteiger partial charge in [0.1, 0.15) is 5.75 Å². The summed E-state index contributed by atoms with van der Waals surface area (Å²) in [6.45, 7) is 5.06. The van der Waals surface area contributed by atoms with Crippen LogP contribution in [-0.2, 0) is 0 Å². The predicted octanol–water partition coefficient (Wildman–Crippen LogP) is 3.85. The molecule has 0 aromatic heterocycles. The number of nitrogens with zero attached hydrogens (tertiary/aromatic N) is 1. The number of rotatable bonds is 5. The third-order valence-electron chi connectivity index (χ3n) is 3.55. The highest BCUT2D eigenvalue weighted by Gasteiger charge is 2.21. The van der Waals surface area contributed by atoms with E-state index in [2.05, 4.69) is 17.0 Å². The standard InChI is InChI=1S/C15H22ClNO/c1-2-18-14-8-6-13(7-9-14)15(12-16)17-10-4-3-5-11-17/h6-9,15H,2-5,10-12H2,1H3. The van der Waals surface area contributed by atoms with Crippen molar-refractivity contribution in [3.63, 3.8) is 0 Å². The fourth-order valence-corrected chi connectivity index (χ4v) is 2.95. The number of hydrogen-bond donors (Lipinski definition) is 0. The first-order chi connectivity index (χ1) is 8.85. The van der Waals surface area contributed by atoms with Crippen LogP contribution < -0.4 is 4.74 Å². The van der Waals surface area contributed by atoms with Gasteiger partial charge in [0.05, 0.1) is 6.61 Å². The molecule has 3 heteroatoms. The number of alkyl halides is 1. The third kappa shape index (κ3) is 3.39. The van der Waals surface area contributed by atoms with Crippen molar-refractivity contribution in [2.24, 2.45) is 0 Å². The molecule has 1 heterocycles. The van der Waals surface area contributed by atoms with Gasteiger partial charge in [-0.25, -0.2) is 0 Å². The average Bonchev–Trinajstić information content (AvgIpc) is 2.43. The second-order valence-electron chi connectivity index (χ2n) is 4.77. The van der Waals surface area contributed by atoms with Gasteiger partial charge in [-0.05, 0) is 50.6 Å². The summed E-state index contributed by atoms with van der Waals surface area (Å²) in [4.78, 5) is 2.51. The first-order valence-electron chi connectivity index (χ1n) is 6.88. The zero-order valence-corrected chi connectivity index (χ0v) is 11.8. The summed E-state index contributed by atoms with van der Waals surface area (Å²) in [5.74, 6) is 1.60. The number of halogens is 1. The molecule has 100 valence electrons. The number of ether oxygens (including phenoxy) is 1. The molecule has 1 aromatic carbocycles. The van der Waals surface area contributed by atoms with Gasteiger partial charge in [0.25, 0.3) is 0 Å². The molecule has 0 N–H and O–H groups in total. The summed E-state index contributed by atoms with van der Waals surface area (Å²) in [5, 5.41) is 0. The lowest BCUT2D eigenvalue weighted by molar-refractivity contribution is 0.177. The fourth-order valence-electron chi connectivity index (χ4n) is 2.58. The first kappa shape index (κ1) is 13.7. The largest absolute Gasteiger partial charge is 0.494 e. The zero-order valence-electron chi connectivity index (χ0n) is 11.1. The molecule has 1 aliphatic heterocycles. The van der Waals surface area contributed by atoms with Crippen molar-refractivity contribution in [1.82, 2.24) is 4.90 Å². The van der Waals surface area contributed by atoms with Crippen LogP contribution in [0.5, 0.6) is 5.75 Å². The third-order valence-corrected chi connectivity index (χ3v) is 3.85. The average molecular weight is 268 g/mol. The minimum atomic E-state index is 0.350. The number of likely N-dealkylation sites (tertiary alicyclic amines) is 1. The lowest BCUT2D eigenvalue weighted by Gasteiger charge is -2.33. The lowest BCUT2D eigenvalue weighted by Crippen LogP contribution is -2.34. The van der Waals surface area contributed by atoms with E-state index in [1.54, 1.807) is 0 Å². The van der Waals surface area contributed by atoms with Crippen LogP contribution in [0.15, 0.2) is 24.3 Å². The van der Waals surface area contributed by atoms with Crippen molar-refractivity contribution in [2.75, 3.05) is 25.6 Å². The fraction of sp³-hybridized carbons (Fsp3) is 0.600. The van der Waals surface area contributed by atoms with Crippen LogP contribution in [0, 0.1) is 0 Å². The molecule has 1 fully saturated rings. The van der Waals surface area contributed by atoms with E-state index in [0.717, 1.165) is 5.75 Å². The molecule has 0 aliphatic carbocycles. The van der Waals surface area contributed by atoms with Gasteiger partial charge >= 0.3 is 0 Å². The normalized spacial score (nSPS) is 18.6. The van der Waals surface area contributed by atoms with Crippen LogP contribution in [0.2, 0.25) is 0 Å². The lowest BCUT2D eigenvalue weighted by atomic mass is 10.0. The summed E-state index contributed by atoms with van der Waals surface area (Å²) < 4.78 is 5.47. The van der Waals surface area contributed by atoms with Crippen molar-refractivity contribution >= 4 is 11.6 Å². The monoisotopic (exact) mass is 267 g/mol. The van der Waals surface area contributed by atoms with Gasteiger partial charge in [-0.2, -0.15) is 0 Å². The van der Waals surface area contributed by atoms with E-state index in [4.69, 9.17) is 16.3 Å². The van der Waals surface area contributed by atoms with Gasteiger partial charge in [-0.1, -0.05) is 18.6 Å². The van der Waals surface area contributed by atoms with Crippen LogP contribution >= 0.6 is 11.6 Å². The minimum Gasteiger partial charge on any atom is -0.494 e. The molecule has 0 amide bonds. The van der Waals surface area contributed by atoms with E-state index in [9.17, 15) is 0 Å². The molecular formula is C15H22ClNO. The SMILES string of the molecule is CCOc1ccc(C(CCl)N2CCCCC2)cc1. The maximum Gasteiger partial charge on any atom is 0.119 e. The smallest absolute Gasteiger partial charge is 0.119 e. The highest BCUT2D eigenvalue weighted by molar-refractivity contribution is 6.18. The maximum absolute atomic E-state index is 6.16. The Balaban J connectivity index is 2.06. The van der Waals surface area contributed by atoms with E-state index in [1.165, 1.54) is 37.9 Å². The summed E-state index contributed by atoms with van der Waals surface area (Å²) in [6, 6.07) is 8.73. The Labute approximate surface area is 115 Å². The van der Waals surface area contributed by atoms with Crippen LogP contribution in [-0.4, -0.2) is 30.5 Å². The Kier molecular flexibility index (Phi) is 5.33. The van der Waals surface area contributed by atoms with Crippen molar-refractivity contribution in [3.05, 3.63) is 29.8 Å². The summed E-state index contributed by atoms with van der Waals surface area (Å²) >= 11 is 6.16. The molecule has 18 heavy (non-hydrogen) atoms. The van der Waals surface area contributed by atoms with Crippen LogP contribution in [0.25, 0.3) is 0 Å². The van der Waals surface area contributed by atoms with Crippen LogP contribution in [0.4, 0.5) is 0 Å². The molecule has 1 saturated heterocycles. The second kappa shape index (κ2) is 7.01. The van der Waals surface area contributed by atoms with Gasteiger partial charge in [-0.15, -0.1) is 11.6 Å². The first-order valence-corrected chi connectivity index (χ1v) is 7.41. The van der Waals surface area contributed by atoms with E-state index in [1.807, 2.05) is 19.1 Å². The minimum absolute atomic E-state index is 0.350. The van der Waals surface area contributed by atoms with E-state index >= 15 is 0 Å². The molecular weight excluding hydrogens is 246 g/mol. The number of benzene rings is 1. The number of hydrogen-bond acceptors (Lipinski definition) is 2. The molecule has 1 aliphatic rings. The molecule has 2 rings (SSSR count). The van der Waals surface area contributed by atoms with Gasteiger partial charge in [0.2, 0.25) is 0 Å². The summed E-state index contributed by atoms with van der Waals surface area (Å²) in [5.41, 5.74) is 1.30. The molecule has 1 unspecified atom stereocenters. The molecule has 0 saturated carbocycles. The van der Waals surface area contributed by atoms with Crippen molar-refractivity contribution in [2.45, 2.75) is 32.2 Å². The van der Waals surface area contributed by atoms with Crippen molar-refractivity contribution < 1.29 is 4.74 Å². The number of piperidine rings is 1. The highest BCUT2D eigenvalue weighted by Crippen LogP contribution is 2.27. The van der Waals surface area contributed by atoms with Crippen molar-refractivity contribution in [3.8, 4) is 5.75 Å². The van der Waals surface area contributed by atoms with Crippen molar-refractivity contribution in [1.29, 1.82) is 0 Å². The Morgan fingerprint density at radius 3 is 2.39 bits per heavy atom. The quantitative estimate of drug-likeness (QED) is 0.752. The van der Waals surface area contributed by atoms with E-state index < -0.39 is 0 Å². The Morgan fingerprint density at radius 2 is 1.83 bits per heavy atom. The van der Waals surface area contributed by atoms with Gasteiger partial charge in [0, 0.05) is 11.9 Å². The van der Waals surface area contributed by atoms with Crippen LogP contribution in [0.1, 0.15) is 37.8 Å².